The minimum atomic E-state index is -0.564. The fraction of sp³-hybridized carbons (Fsp3) is 0.793. The normalized spacial score (nSPS) is 45.4. The largest absolute Gasteiger partial charge is 0.472 e. The van der Waals surface area contributed by atoms with Gasteiger partial charge in [0.2, 0.25) is 0 Å². The Balaban J connectivity index is 1.17. The van der Waals surface area contributed by atoms with Crippen molar-refractivity contribution in [2.24, 2.45) is 22.7 Å². The first-order valence-electron chi connectivity index (χ1n) is 13.7. The minimum absolute atomic E-state index is 0.0460. The molecule has 1 saturated heterocycles. The minimum Gasteiger partial charge on any atom is -0.472 e. The summed E-state index contributed by atoms with van der Waals surface area (Å²) in [4.78, 5) is 2.55. The lowest BCUT2D eigenvalue weighted by Gasteiger charge is -2.61. The van der Waals surface area contributed by atoms with E-state index in [9.17, 15) is 5.11 Å². The second-order valence-electron chi connectivity index (χ2n) is 12.4. The molecular formula is C29H43NO3. The quantitative estimate of drug-likeness (QED) is 0.562. The molecule has 0 aromatic carbocycles. The topological polar surface area (TPSA) is 45.8 Å². The molecule has 1 aromatic heterocycles. The van der Waals surface area contributed by atoms with E-state index >= 15 is 0 Å². The van der Waals surface area contributed by atoms with E-state index in [0.29, 0.717) is 23.9 Å². The Morgan fingerprint density at radius 1 is 1.09 bits per heavy atom. The van der Waals surface area contributed by atoms with Crippen molar-refractivity contribution in [2.75, 3.05) is 26.2 Å². The molecular weight excluding hydrogens is 410 g/mol. The Bertz CT molecular complexity index is 873. The van der Waals surface area contributed by atoms with E-state index in [2.05, 4.69) is 30.9 Å². The second-order valence-corrected chi connectivity index (χ2v) is 12.4. The standard InChI is InChI=1S/C29H43NO3/c1-27-11-7-23(33-18-16-30-14-3-4-15-30)19-22(27)5-6-26-25(27)8-12-28(2)24(9-13-29(26,28)31)21-10-17-32-20-21/h5,10,17,20,23-26,31H,3-4,6-9,11-16,18-19H2,1-2H3/t23?,24?,25-,26-,27+,28-,29-/m1/s1. The first-order chi connectivity index (χ1) is 15.9. The first-order valence-corrected chi connectivity index (χ1v) is 13.7. The van der Waals surface area contributed by atoms with Crippen LogP contribution in [0, 0.1) is 22.7 Å². The molecule has 1 aromatic rings. The van der Waals surface area contributed by atoms with E-state index in [1.165, 1.54) is 50.8 Å². The highest BCUT2D eigenvalue weighted by Crippen LogP contribution is 2.69. The molecule has 2 unspecified atom stereocenters. The van der Waals surface area contributed by atoms with E-state index in [-0.39, 0.29) is 10.8 Å². The molecule has 0 bridgehead atoms. The van der Waals surface area contributed by atoms with E-state index in [1.807, 2.05) is 6.26 Å². The van der Waals surface area contributed by atoms with Crippen LogP contribution in [-0.2, 0) is 4.74 Å². The van der Waals surface area contributed by atoms with Gasteiger partial charge in [0.1, 0.15) is 0 Å². The molecule has 1 N–H and O–H groups in total. The van der Waals surface area contributed by atoms with Crippen molar-refractivity contribution in [3.8, 4) is 0 Å². The number of fused-ring (bicyclic) bond motifs is 5. The van der Waals surface area contributed by atoms with Crippen LogP contribution in [-0.4, -0.2) is 48.0 Å². The predicted octanol–water partition coefficient (Wildman–Crippen LogP) is 5.92. The van der Waals surface area contributed by atoms with Crippen molar-refractivity contribution in [3.05, 3.63) is 35.8 Å². The number of likely N-dealkylation sites (tertiary alicyclic amines) is 1. The van der Waals surface area contributed by atoms with E-state index < -0.39 is 5.60 Å². The van der Waals surface area contributed by atoms with E-state index in [0.717, 1.165) is 45.3 Å². The van der Waals surface area contributed by atoms with Crippen LogP contribution < -0.4 is 0 Å². The van der Waals surface area contributed by atoms with Gasteiger partial charge in [-0.1, -0.05) is 25.5 Å². The fourth-order valence-electron chi connectivity index (χ4n) is 9.10. The fourth-order valence-corrected chi connectivity index (χ4v) is 9.10. The Labute approximate surface area is 199 Å². The molecule has 0 amide bonds. The smallest absolute Gasteiger partial charge is 0.0937 e. The van der Waals surface area contributed by atoms with Gasteiger partial charge >= 0.3 is 0 Å². The molecule has 4 aliphatic carbocycles. The average Bonchev–Trinajstić information content (AvgIpc) is 3.55. The zero-order chi connectivity index (χ0) is 22.7. The van der Waals surface area contributed by atoms with Crippen molar-refractivity contribution in [2.45, 2.75) is 95.7 Å². The maximum Gasteiger partial charge on any atom is 0.0937 e. The summed E-state index contributed by atoms with van der Waals surface area (Å²) in [5.41, 5.74) is 2.55. The highest BCUT2D eigenvalue weighted by molar-refractivity contribution is 5.31. The number of ether oxygens (including phenoxy) is 1. The number of hydrogen-bond acceptors (Lipinski definition) is 4. The van der Waals surface area contributed by atoms with Gasteiger partial charge in [0.15, 0.2) is 0 Å². The molecule has 4 nitrogen and oxygen atoms in total. The van der Waals surface area contributed by atoms with E-state index in [1.54, 1.807) is 11.8 Å². The van der Waals surface area contributed by atoms with Gasteiger partial charge < -0.3 is 19.2 Å². The number of hydrogen-bond donors (Lipinski definition) is 1. The van der Waals surface area contributed by atoms with Gasteiger partial charge in [-0.2, -0.15) is 0 Å². The number of nitrogens with zero attached hydrogens (tertiary/aromatic N) is 1. The molecule has 1 aliphatic heterocycles. The maximum absolute atomic E-state index is 12.3. The molecule has 6 rings (SSSR count). The highest BCUT2D eigenvalue weighted by Gasteiger charge is 2.66. The number of aliphatic hydroxyl groups is 1. The summed E-state index contributed by atoms with van der Waals surface area (Å²) >= 11 is 0. The van der Waals surface area contributed by atoms with Crippen LogP contribution in [0.2, 0.25) is 0 Å². The summed E-state index contributed by atoms with van der Waals surface area (Å²) in [6.07, 6.45) is 18.2. The Kier molecular flexibility index (Phi) is 5.59. The molecule has 5 aliphatic rings. The zero-order valence-corrected chi connectivity index (χ0v) is 20.7. The molecule has 4 heteroatoms. The van der Waals surface area contributed by atoms with Crippen LogP contribution in [0.3, 0.4) is 0 Å². The maximum atomic E-state index is 12.3. The van der Waals surface area contributed by atoms with Crippen LogP contribution in [0.15, 0.2) is 34.7 Å². The molecule has 7 atom stereocenters. The van der Waals surface area contributed by atoms with Crippen LogP contribution >= 0.6 is 0 Å². The molecule has 2 heterocycles. The van der Waals surface area contributed by atoms with Gasteiger partial charge in [-0.05, 0) is 112 Å². The van der Waals surface area contributed by atoms with Gasteiger partial charge in [0.05, 0.1) is 30.8 Å². The Morgan fingerprint density at radius 3 is 2.73 bits per heavy atom. The number of allylic oxidation sites excluding steroid dienone is 1. The summed E-state index contributed by atoms with van der Waals surface area (Å²) in [6, 6.07) is 2.12. The Morgan fingerprint density at radius 2 is 1.94 bits per heavy atom. The van der Waals surface area contributed by atoms with Crippen molar-refractivity contribution >= 4 is 0 Å². The summed E-state index contributed by atoms with van der Waals surface area (Å²) < 4.78 is 11.8. The van der Waals surface area contributed by atoms with Gasteiger partial charge in [0.25, 0.3) is 0 Å². The highest BCUT2D eigenvalue weighted by atomic mass is 16.5. The second kappa shape index (κ2) is 8.24. The van der Waals surface area contributed by atoms with E-state index in [4.69, 9.17) is 9.15 Å². The Hall–Kier alpha value is -1.10. The lowest BCUT2D eigenvalue weighted by Crippen LogP contribution is -2.60. The first kappa shape index (κ1) is 22.4. The van der Waals surface area contributed by atoms with Gasteiger partial charge in [-0.3, -0.25) is 0 Å². The average molecular weight is 454 g/mol. The third-order valence-corrected chi connectivity index (χ3v) is 11.2. The lowest BCUT2D eigenvalue weighted by molar-refractivity contribution is -0.173. The van der Waals surface area contributed by atoms with Gasteiger partial charge in [-0.15, -0.1) is 0 Å². The molecule has 33 heavy (non-hydrogen) atoms. The van der Waals surface area contributed by atoms with Gasteiger partial charge in [-0.25, -0.2) is 0 Å². The summed E-state index contributed by atoms with van der Waals surface area (Å²) in [5.74, 6) is 1.40. The van der Waals surface area contributed by atoms with Crippen molar-refractivity contribution in [1.29, 1.82) is 0 Å². The van der Waals surface area contributed by atoms with Crippen molar-refractivity contribution in [3.63, 3.8) is 0 Å². The van der Waals surface area contributed by atoms with Crippen LogP contribution in [0.4, 0.5) is 0 Å². The summed E-state index contributed by atoms with van der Waals surface area (Å²) in [5, 5.41) is 12.3. The van der Waals surface area contributed by atoms with Crippen LogP contribution in [0.5, 0.6) is 0 Å². The monoisotopic (exact) mass is 453 g/mol. The number of furan rings is 1. The third kappa shape index (κ3) is 3.42. The predicted molar refractivity (Wildman–Crippen MR) is 130 cm³/mol. The number of rotatable bonds is 5. The molecule has 0 radical (unpaired) electrons. The van der Waals surface area contributed by atoms with Crippen LogP contribution in [0.1, 0.15) is 89.5 Å². The van der Waals surface area contributed by atoms with Crippen molar-refractivity contribution in [1.82, 2.24) is 4.90 Å². The summed E-state index contributed by atoms with van der Waals surface area (Å²) in [7, 11) is 0. The van der Waals surface area contributed by atoms with Crippen LogP contribution in [0.25, 0.3) is 0 Å². The SMILES string of the molecule is C[C@]12CCC(OCCN3CCCC3)CC1=CC[C@@H]1[C@H]2CC[C@]2(C)C(c3ccoc3)CC[C@@]12O. The lowest BCUT2D eigenvalue weighted by atomic mass is 9.45. The van der Waals surface area contributed by atoms with Gasteiger partial charge in [0, 0.05) is 12.0 Å². The molecule has 0 spiro atoms. The summed E-state index contributed by atoms with van der Waals surface area (Å²) in [6.45, 7) is 9.38. The zero-order valence-electron chi connectivity index (χ0n) is 20.7. The molecule has 4 fully saturated rings. The van der Waals surface area contributed by atoms with Crippen molar-refractivity contribution < 1.29 is 14.3 Å². The molecule has 182 valence electrons. The molecule has 3 saturated carbocycles. The third-order valence-electron chi connectivity index (χ3n) is 11.2.